The highest BCUT2D eigenvalue weighted by Crippen LogP contribution is 2.27. The summed E-state index contributed by atoms with van der Waals surface area (Å²) in [5.41, 5.74) is -1.63. The number of carboxylic acid groups (broad SMARTS) is 1. The van der Waals surface area contributed by atoms with Gasteiger partial charge in [0.1, 0.15) is 17.1 Å². The van der Waals surface area contributed by atoms with Crippen LogP contribution in [0.3, 0.4) is 0 Å². The lowest BCUT2D eigenvalue weighted by Gasteiger charge is -2.07. The molecule has 0 amide bonds. The van der Waals surface area contributed by atoms with Crippen LogP contribution in [0, 0.1) is 35.6 Å². The predicted molar refractivity (Wildman–Crippen MR) is 66.6 cm³/mol. The molecule has 0 aliphatic carbocycles. The number of benzene rings is 1. The van der Waals surface area contributed by atoms with Gasteiger partial charge in [0.2, 0.25) is 0 Å². The summed E-state index contributed by atoms with van der Waals surface area (Å²) in [4.78, 5) is 20.9. The van der Waals surface area contributed by atoms with Gasteiger partial charge in [0.05, 0.1) is 10.5 Å². The number of aromatic carboxylic acids is 1. The second kappa shape index (κ2) is 4.93. The van der Waals surface area contributed by atoms with Gasteiger partial charge in [-0.3, -0.25) is 10.1 Å². The van der Waals surface area contributed by atoms with E-state index in [1.165, 1.54) is 13.8 Å². The number of rotatable bonds is 3. The Morgan fingerprint density at radius 1 is 1.33 bits per heavy atom. The molecule has 0 saturated heterocycles. The van der Waals surface area contributed by atoms with E-state index in [4.69, 9.17) is 5.11 Å². The maximum atomic E-state index is 13.9. The normalized spacial score (nSPS) is 10.7. The van der Waals surface area contributed by atoms with Crippen LogP contribution in [0.25, 0.3) is 5.69 Å². The summed E-state index contributed by atoms with van der Waals surface area (Å²) in [7, 11) is 0. The van der Waals surface area contributed by atoms with E-state index in [2.05, 4.69) is 5.10 Å². The average Bonchev–Trinajstić information content (AvgIpc) is 2.63. The van der Waals surface area contributed by atoms with Gasteiger partial charge in [-0.2, -0.15) is 5.10 Å². The minimum absolute atomic E-state index is 0.00129. The van der Waals surface area contributed by atoms with Crippen LogP contribution < -0.4 is 0 Å². The molecule has 0 radical (unpaired) electrons. The first-order valence-electron chi connectivity index (χ1n) is 5.67. The summed E-state index contributed by atoms with van der Waals surface area (Å²) >= 11 is 0. The van der Waals surface area contributed by atoms with Crippen LogP contribution in [-0.4, -0.2) is 25.8 Å². The molecule has 0 saturated carbocycles. The van der Waals surface area contributed by atoms with Gasteiger partial charge in [-0.05, 0) is 26.0 Å². The molecule has 0 aliphatic rings. The van der Waals surface area contributed by atoms with Crippen molar-refractivity contribution in [2.75, 3.05) is 0 Å². The molecule has 1 heterocycles. The van der Waals surface area contributed by atoms with E-state index in [1.807, 2.05) is 0 Å². The second-order valence-electron chi connectivity index (χ2n) is 4.28. The Labute approximate surface area is 116 Å². The van der Waals surface area contributed by atoms with Crippen LogP contribution >= 0.6 is 0 Å². The van der Waals surface area contributed by atoms with E-state index in [0.717, 1.165) is 4.68 Å². The third-order valence-electron chi connectivity index (χ3n) is 2.91. The van der Waals surface area contributed by atoms with E-state index in [1.54, 1.807) is 0 Å². The zero-order valence-electron chi connectivity index (χ0n) is 10.9. The number of hydrogen-bond acceptors (Lipinski definition) is 4. The minimum atomic E-state index is -1.49. The smallest absolute Gasteiger partial charge is 0.335 e. The Morgan fingerprint density at radius 3 is 2.24 bits per heavy atom. The van der Waals surface area contributed by atoms with Crippen molar-refractivity contribution in [2.45, 2.75) is 13.8 Å². The molecule has 2 rings (SSSR count). The Hall–Kier alpha value is -2.84. The van der Waals surface area contributed by atoms with Gasteiger partial charge < -0.3 is 5.11 Å². The van der Waals surface area contributed by atoms with Crippen LogP contribution in [-0.2, 0) is 0 Å². The van der Waals surface area contributed by atoms with Crippen molar-refractivity contribution in [3.63, 3.8) is 0 Å². The largest absolute Gasteiger partial charge is 0.478 e. The summed E-state index contributed by atoms with van der Waals surface area (Å²) in [5.74, 6) is -3.83. The molecule has 1 aromatic carbocycles. The highest BCUT2D eigenvalue weighted by atomic mass is 19.1. The lowest BCUT2D eigenvalue weighted by Crippen LogP contribution is -2.08. The summed E-state index contributed by atoms with van der Waals surface area (Å²) in [6, 6.07) is 1.26. The molecule has 110 valence electrons. The average molecular weight is 297 g/mol. The molecule has 0 bridgehead atoms. The third-order valence-corrected chi connectivity index (χ3v) is 2.91. The molecule has 1 aromatic heterocycles. The first-order valence-corrected chi connectivity index (χ1v) is 5.67. The number of carboxylic acids is 1. The molecule has 0 spiro atoms. The number of halogens is 2. The van der Waals surface area contributed by atoms with E-state index < -0.39 is 33.8 Å². The molecule has 0 atom stereocenters. The molecule has 2 aromatic rings. The van der Waals surface area contributed by atoms with Gasteiger partial charge in [-0.1, -0.05) is 0 Å². The minimum Gasteiger partial charge on any atom is -0.478 e. The van der Waals surface area contributed by atoms with Crippen LogP contribution in [0.4, 0.5) is 14.5 Å². The standard InChI is InChI=1S/C12H9F2N3O4/c1-5-10(17(20)21)6(2)16(15-5)11-8(13)3-7(12(18)19)4-9(11)14/h3-4H,1-2H3,(H,18,19). The van der Waals surface area contributed by atoms with E-state index >= 15 is 0 Å². The number of carbonyl (C=O) groups is 1. The first-order chi connectivity index (χ1) is 9.73. The summed E-state index contributed by atoms with van der Waals surface area (Å²) in [5, 5.41) is 23.4. The van der Waals surface area contributed by atoms with E-state index in [-0.39, 0.29) is 17.1 Å². The summed E-state index contributed by atoms with van der Waals surface area (Å²) in [6.45, 7) is 2.63. The molecule has 1 N–H and O–H groups in total. The fourth-order valence-electron chi connectivity index (χ4n) is 2.01. The third kappa shape index (κ3) is 2.33. The van der Waals surface area contributed by atoms with Gasteiger partial charge >= 0.3 is 11.7 Å². The van der Waals surface area contributed by atoms with Crippen molar-refractivity contribution in [3.05, 3.63) is 50.8 Å². The monoisotopic (exact) mass is 297 g/mol. The Balaban J connectivity index is 2.71. The number of hydrogen-bond donors (Lipinski definition) is 1. The van der Waals surface area contributed by atoms with Crippen molar-refractivity contribution in [3.8, 4) is 5.69 Å². The molecule has 9 heteroatoms. The second-order valence-corrected chi connectivity index (χ2v) is 4.28. The lowest BCUT2D eigenvalue weighted by atomic mass is 10.2. The highest BCUT2D eigenvalue weighted by Gasteiger charge is 2.26. The van der Waals surface area contributed by atoms with Crippen LogP contribution in [0.5, 0.6) is 0 Å². The van der Waals surface area contributed by atoms with Gasteiger partial charge in [0.25, 0.3) is 0 Å². The maximum Gasteiger partial charge on any atom is 0.335 e. The molecule has 0 unspecified atom stereocenters. The van der Waals surface area contributed by atoms with Crippen molar-refractivity contribution in [1.82, 2.24) is 9.78 Å². The maximum absolute atomic E-state index is 13.9. The lowest BCUT2D eigenvalue weighted by molar-refractivity contribution is -0.386. The van der Waals surface area contributed by atoms with Crippen molar-refractivity contribution < 1.29 is 23.6 Å². The molecular weight excluding hydrogens is 288 g/mol. The zero-order valence-corrected chi connectivity index (χ0v) is 10.9. The Bertz CT molecular complexity index is 747. The Morgan fingerprint density at radius 2 is 1.86 bits per heavy atom. The number of aryl methyl sites for hydroxylation is 1. The molecule has 7 nitrogen and oxygen atoms in total. The molecular formula is C12H9F2N3O4. The quantitative estimate of drug-likeness (QED) is 0.692. The van der Waals surface area contributed by atoms with Gasteiger partial charge in [-0.25, -0.2) is 18.3 Å². The fourth-order valence-corrected chi connectivity index (χ4v) is 2.01. The first kappa shape index (κ1) is 14.6. The highest BCUT2D eigenvalue weighted by molar-refractivity contribution is 5.87. The SMILES string of the molecule is Cc1nn(-c2c(F)cc(C(=O)O)cc2F)c(C)c1[N+](=O)[O-]. The molecule has 0 fully saturated rings. The van der Waals surface area contributed by atoms with Crippen molar-refractivity contribution >= 4 is 11.7 Å². The van der Waals surface area contributed by atoms with Crippen LogP contribution in [0.15, 0.2) is 12.1 Å². The van der Waals surface area contributed by atoms with Gasteiger partial charge in [-0.15, -0.1) is 0 Å². The number of nitrogens with zero attached hydrogens (tertiary/aromatic N) is 3. The fraction of sp³-hybridized carbons (Fsp3) is 0.167. The predicted octanol–water partition coefficient (Wildman–Crippen LogP) is 2.37. The van der Waals surface area contributed by atoms with Crippen molar-refractivity contribution in [2.24, 2.45) is 0 Å². The van der Waals surface area contributed by atoms with E-state index in [0.29, 0.717) is 12.1 Å². The molecule has 21 heavy (non-hydrogen) atoms. The van der Waals surface area contributed by atoms with Crippen LogP contribution in [0.1, 0.15) is 21.7 Å². The zero-order chi connectivity index (χ0) is 15.9. The number of aromatic nitrogens is 2. The topological polar surface area (TPSA) is 98.3 Å². The van der Waals surface area contributed by atoms with Crippen LogP contribution in [0.2, 0.25) is 0 Å². The van der Waals surface area contributed by atoms with Gasteiger partial charge in [0.15, 0.2) is 11.6 Å². The summed E-state index contributed by atoms with van der Waals surface area (Å²) < 4.78 is 28.6. The number of nitro groups is 1. The van der Waals surface area contributed by atoms with Gasteiger partial charge in [0, 0.05) is 0 Å². The van der Waals surface area contributed by atoms with E-state index in [9.17, 15) is 23.7 Å². The molecule has 0 aliphatic heterocycles. The van der Waals surface area contributed by atoms with Crippen molar-refractivity contribution in [1.29, 1.82) is 0 Å². The summed E-state index contributed by atoms with van der Waals surface area (Å²) in [6.07, 6.45) is 0. The Kier molecular flexibility index (Phi) is 3.42.